The van der Waals surface area contributed by atoms with Crippen LogP contribution in [0.3, 0.4) is 0 Å². The lowest BCUT2D eigenvalue weighted by Gasteiger charge is -2.28. The SMILES string of the molecule is CCCOc1ccc([C@H]2NC(=O)NC(C)=C2C(=O)OCC(C)C)cc1OC. The van der Waals surface area contributed by atoms with Crippen LogP contribution < -0.4 is 20.1 Å². The van der Waals surface area contributed by atoms with Crippen LogP contribution in [-0.2, 0) is 9.53 Å². The summed E-state index contributed by atoms with van der Waals surface area (Å²) in [6, 6.07) is 4.36. The van der Waals surface area contributed by atoms with Crippen LogP contribution in [0.1, 0.15) is 45.7 Å². The Bertz CT molecular complexity index is 727. The summed E-state index contributed by atoms with van der Waals surface area (Å²) in [7, 11) is 1.55. The Hall–Kier alpha value is -2.70. The molecule has 0 aromatic heterocycles. The maximum absolute atomic E-state index is 12.6. The number of carbonyl (C=O) groups is 2. The van der Waals surface area contributed by atoms with Crippen LogP contribution in [0.4, 0.5) is 4.79 Å². The van der Waals surface area contributed by atoms with Crippen molar-refractivity contribution in [3.8, 4) is 11.5 Å². The molecule has 2 amide bonds. The van der Waals surface area contributed by atoms with Gasteiger partial charge in [0.2, 0.25) is 0 Å². The summed E-state index contributed by atoms with van der Waals surface area (Å²) in [5.41, 5.74) is 1.56. The average molecular weight is 376 g/mol. The summed E-state index contributed by atoms with van der Waals surface area (Å²) in [4.78, 5) is 24.6. The van der Waals surface area contributed by atoms with Gasteiger partial charge < -0.3 is 24.8 Å². The number of hydrogen-bond acceptors (Lipinski definition) is 5. The van der Waals surface area contributed by atoms with Crippen LogP contribution in [0, 0.1) is 5.92 Å². The summed E-state index contributed by atoms with van der Waals surface area (Å²) in [5.74, 6) is 0.924. The molecule has 0 saturated carbocycles. The number of urea groups is 1. The van der Waals surface area contributed by atoms with Crippen LogP contribution in [0.25, 0.3) is 0 Å². The Morgan fingerprint density at radius 3 is 2.63 bits per heavy atom. The molecular weight excluding hydrogens is 348 g/mol. The van der Waals surface area contributed by atoms with E-state index in [-0.39, 0.29) is 11.9 Å². The van der Waals surface area contributed by atoms with E-state index in [4.69, 9.17) is 14.2 Å². The fourth-order valence-corrected chi connectivity index (χ4v) is 2.73. The number of methoxy groups -OCH3 is 1. The van der Waals surface area contributed by atoms with Gasteiger partial charge in [-0.3, -0.25) is 0 Å². The molecule has 0 bridgehead atoms. The molecule has 1 aromatic carbocycles. The van der Waals surface area contributed by atoms with Gasteiger partial charge in [0.15, 0.2) is 11.5 Å². The van der Waals surface area contributed by atoms with E-state index in [1.807, 2.05) is 26.8 Å². The second-order valence-corrected chi connectivity index (χ2v) is 6.82. The fourth-order valence-electron chi connectivity index (χ4n) is 2.73. The fraction of sp³-hybridized carbons (Fsp3) is 0.500. The second-order valence-electron chi connectivity index (χ2n) is 6.82. The Morgan fingerprint density at radius 2 is 2.00 bits per heavy atom. The lowest BCUT2D eigenvalue weighted by atomic mass is 9.95. The lowest BCUT2D eigenvalue weighted by Crippen LogP contribution is -2.45. The number of benzene rings is 1. The van der Waals surface area contributed by atoms with E-state index in [1.54, 1.807) is 26.2 Å². The molecule has 148 valence electrons. The van der Waals surface area contributed by atoms with E-state index < -0.39 is 12.0 Å². The number of hydrogen-bond donors (Lipinski definition) is 2. The zero-order valence-electron chi connectivity index (χ0n) is 16.5. The highest BCUT2D eigenvalue weighted by molar-refractivity contribution is 5.95. The van der Waals surface area contributed by atoms with Crippen LogP contribution in [-0.4, -0.2) is 32.3 Å². The predicted molar refractivity (Wildman–Crippen MR) is 102 cm³/mol. The van der Waals surface area contributed by atoms with Crippen molar-refractivity contribution in [2.24, 2.45) is 5.92 Å². The van der Waals surface area contributed by atoms with Crippen molar-refractivity contribution in [2.75, 3.05) is 20.3 Å². The molecule has 1 aliphatic heterocycles. The molecule has 1 aromatic rings. The van der Waals surface area contributed by atoms with Crippen molar-refractivity contribution < 1.29 is 23.8 Å². The maximum Gasteiger partial charge on any atom is 0.338 e. The Balaban J connectivity index is 2.36. The molecule has 0 aliphatic carbocycles. The van der Waals surface area contributed by atoms with E-state index in [0.717, 1.165) is 6.42 Å². The van der Waals surface area contributed by atoms with Crippen LogP contribution in [0.15, 0.2) is 29.5 Å². The first kappa shape index (κ1) is 20.6. The third-order valence-electron chi connectivity index (χ3n) is 4.02. The van der Waals surface area contributed by atoms with E-state index in [9.17, 15) is 9.59 Å². The first-order chi connectivity index (χ1) is 12.9. The molecule has 7 heteroatoms. The first-order valence-corrected chi connectivity index (χ1v) is 9.13. The molecule has 0 saturated heterocycles. The topological polar surface area (TPSA) is 85.9 Å². The summed E-state index contributed by atoms with van der Waals surface area (Å²) in [5, 5.41) is 5.43. The molecule has 0 fully saturated rings. The Labute approximate surface area is 160 Å². The van der Waals surface area contributed by atoms with Crippen molar-refractivity contribution in [3.63, 3.8) is 0 Å². The third-order valence-corrected chi connectivity index (χ3v) is 4.02. The summed E-state index contributed by atoms with van der Waals surface area (Å²) in [6.07, 6.45) is 0.878. The van der Waals surface area contributed by atoms with Gasteiger partial charge in [-0.15, -0.1) is 0 Å². The molecule has 2 N–H and O–H groups in total. The standard InChI is InChI=1S/C20H28N2O5/c1-6-9-26-15-8-7-14(10-16(15)25-5)18-17(13(4)21-20(24)22-18)19(23)27-11-12(2)3/h7-8,10,12,18H,6,9,11H2,1-5H3,(H2,21,22,24)/t18-/m1/s1. The minimum Gasteiger partial charge on any atom is -0.493 e. The van der Waals surface area contributed by atoms with Gasteiger partial charge in [0.05, 0.1) is 31.9 Å². The van der Waals surface area contributed by atoms with Gasteiger partial charge in [0, 0.05) is 5.70 Å². The zero-order chi connectivity index (χ0) is 20.0. The van der Waals surface area contributed by atoms with Gasteiger partial charge in [-0.2, -0.15) is 0 Å². The maximum atomic E-state index is 12.6. The molecule has 0 radical (unpaired) electrons. The van der Waals surface area contributed by atoms with Gasteiger partial charge in [0.25, 0.3) is 0 Å². The van der Waals surface area contributed by atoms with Crippen LogP contribution in [0.5, 0.6) is 11.5 Å². The molecular formula is C20H28N2O5. The predicted octanol–water partition coefficient (Wildman–Crippen LogP) is 3.31. The average Bonchev–Trinajstić information content (AvgIpc) is 2.63. The molecule has 0 spiro atoms. The van der Waals surface area contributed by atoms with Crippen molar-refractivity contribution >= 4 is 12.0 Å². The van der Waals surface area contributed by atoms with E-state index in [2.05, 4.69) is 10.6 Å². The number of esters is 1. The molecule has 1 aliphatic rings. The molecule has 0 unspecified atom stereocenters. The molecule has 1 heterocycles. The number of carbonyl (C=O) groups excluding carboxylic acids is 2. The van der Waals surface area contributed by atoms with Crippen molar-refractivity contribution in [2.45, 2.75) is 40.2 Å². The van der Waals surface area contributed by atoms with E-state index >= 15 is 0 Å². The monoisotopic (exact) mass is 376 g/mol. The zero-order valence-corrected chi connectivity index (χ0v) is 16.5. The third kappa shape index (κ3) is 5.15. The van der Waals surface area contributed by atoms with Gasteiger partial charge in [0.1, 0.15) is 0 Å². The van der Waals surface area contributed by atoms with Gasteiger partial charge in [-0.1, -0.05) is 26.8 Å². The van der Waals surface area contributed by atoms with E-state index in [0.29, 0.717) is 41.5 Å². The van der Waals surface area contributed by atoms with Gasteiger partial charge >= 0.3 is 12.0 Å². The number of amides is 2. The number of allylic oxidation sites excluding steroid dienone is 1. The Kier molecular flexibility index (Phi) is 7.10. The van der Waals surface area contributed by atoms with Crippen LogP contribution in [0.2, 0.25) is 0 Å². The van der Waals surface area contributed by atoms with Crippen molar-refractivity contribution in [1.82, 2.24) is 10.6 Å². The van der Waals surface area contributed by atoms with Gasteiger partial charge in [-0.05, 0) is 37.0 Å². The minimum atomic E-state index is -0.632. The smallest absolute Gasteiger partial charge is 0.338 e. The number of nitrogens with one attached hydrogen (secondary N) is 2. The Morgan fingerprint density at radius 1 is 1.26 bits per heavy atom. The normalized spacial score (nSPS) is 16.7. The van der Waals surface area contributed by atoms with Crippen LogP contribution >= 0.6 is 0 Å². The largest absolute Gasteiger partial charge is 0.493 e. The number of rotatable bonds is 8. The number of ether oxygens (including phenoxy) is 3. The highest BCUT2D eigenvalue weighted by Crippen LogP contribution is 2.34. The molecule has 7 nitrogen and oxygen atoms in total. The molecule has 1 atom stereocenters. The minimum absolute atomic E-state index is 0.217. The van der Waals surface area contributed by atoms with Crippen molar-refractivity contribution in [3.05, 3.63) is 35.0 Å². The first-order valence-electron chi connectivity index (χ1n) is 9.13. The molecule has 27 heavy (non-hydrogen) atoms. The highest BCUT2D eigenvalue weighted by Gasteiger charge is 2.32. The lowest BCUT2D eigenvalue weighted by molar-refractivity contribution is -0.140. The van der Waals surface area contributed by atoms with Gasteiger partial charge in [-0.25, -0.2) is 9.59 Å². The summed E-state index contributed by atoms with van der Waals surface area (Å²) >= 11 is 0. The molecule has 2 rings (SSSR count). The summed E-state index contributed by atoms with van der Waals surface area (Å²) < 4.78 is 16.5. The quantitative estimate of drug-likeness (QED) is 0.680. The summed E-state index contributed by atoms with van der Waals surface area (Å²) in [6.45, 7) is 8.52. The van der Waals surface area contributed by atoms with Crippen molar-refractivity contribution in [1.29, 1.82) is 0 Å². The highest BCUT2D eigenvalue weighted by atomic mass is 16.5. The van der Waals surface area contributed by atoms with E-state index in [1.165, 1.54) is 0 Å². The second kappa shape index (κ2) is 9.30.